The zero-order chi connectivity index (χ0) is 16.6. The molecule has 1 fully saturated rings. The van der Waals surface area contributed by atoms with Crippen molar-refractivity contribution in [1.82, 2.24) is 24.8 Å². The zero-order valence-corrected chi connectivity index (χ0v) is 13.9. The number of likely N-dealkylation sites (N-methyl/N-ethyl adjacent to an activating group) is 1. The van der Waals surface area contributed by atoms with Gasteiger partial charge in [-0.1, -0.05) is 0 Å². The maximum Gasteiger partial charge on any atom is 0.242 e. The van der Waals surface area contributed by atoms with Crippen LogP contribution in [0.4, 0.5) is 5.82 Å². The normalized spacial score (nSPS) is 20.7. The molecule has 0 bridgehead atoms. The van der Waals surface area contributed by atoms with Crippen molar-refractivity contribution in [1.29, 1.82) is 0 Å². The van der Waals surface area contributed by atoms with Gasteiger partial charge in [-0.15, -0.1) is 0 Å². The molecule has 1 N–H and O–H groups in total. The Labute approximate surface area is 134 Å². The van der Waals surface area contributed by atoms with Crippen LogP contribution in [0.3, 0.4) is 0 Å². The summed E-state index contributed by atoms with van der Waals surface area (Å²) < 4.78 is 5.85. The first-order chi connectivity index (χ1) is 10.9. The summed E-state index contributed by atoms with van der Waals surface area (Å²) in [6.07, 6.45) is 3.07. The number of morpholine rings is 1. The van der Waals surface area contributed by atoms with Gasteiger partial charge in [-0.05, 0) is 20.8 Å². The van der Waals surface area contributed by atoms with Crippen molar-refractivity contribution < 1.29 is 9.53 Å². The highest BCUT2D eigenvalue weighted by Crippen LogP contribution is 2.22. The Morgan fingerprint density at radius 1 is 1.48 bits per heavy atom. The lowest BCUT2D eigenvalue weighted by Crippen LogP contribution is -2.55. The Hall–Kier alpha value is -2.22. The molecule has 0 saturated carbocycles. The van der Waals surface area contributed by atoms with Crippen molar-refractivity contribution >= 4 is 22.9 Å². The molecule has 0 aromatic carbocycles. The average molecular weight is 318 g/mol. The summed E-state index contributed by atoms with van der Waals surface area (Å²) in [4.78, 5) is 31.8. The third-order valence-electron chi connectivity index (χ3n) is 3.86. The summed E-state index contributed by atoms with van der Waals surface area (Å²) in [6.45, 7) is 7.44. The fourth-order valence-corrected chi connectivity index (χ4v) is 3.06. The van der Waals surface area contributed by atoms with Gasteiger partial charge < -0.3 is 19.5 Å². The molecule has 1 atom stereocenters. The number of aromatic nitrogens is 4. The van der Waals surface area contributed by atoms with E-state index in [9.17, 15) is 4.79 Å². The number of carbonyl (C=O) groups excluding carboxylic acids is 1. The fourth-order valence-electron chi connectivity index (χ4n) is 3.06. The maximum absolute atomic E-state index is 12.6. The van der Waals surface area contributed by atoms with Crippen LogP contribution in [-0.4, -0.2) is 69.1 Å². The molecular formula is C15H22N6O2. The lowest BCUT2D eigenvalue weighted by atomic mass is 10.1. The molecule has 3 heterocycles. The van der Waals surface area contributed by atoms with E-state index in [2.05, 4.69) is 19.9 Å². The molecule has 0 radical (unpaired) electrons. The molecule has 1 amide bonds. The van der Waals surface area contributed by atoms with Crippen LogP contribution in [0.25, 0.3) is 11.2 Å². The Morgan fingerprint density at radius 2 is 2.26 bits per heavy atom. The third-order valence-corrected chi connectivity index (χ3v) is 3.86. The highest BCUT2D eigenvalue weighted by Gasteiger charge is 2.34. The second-order valence-corrected chi connectivity index (χ2v) is 6.62. The van der Waals surface area contributed by atoms with E-state index in [1.165, 1.54) is 6.33 Å². The molecule has 23 heavy (non-hydrogen) atoms. The summed E-state index contributed by atoms with van der Waals surface area (Å²) in [5.74, 6) is 0.725. The van der Waals surface area contributed by atoms with Crippen molar-refractivity contribution in [3.05, 3.63) is 12.7 Å². The van der Waals surface area contributed by atoms with Gasteiger partial charge in [0, 0.05) is 20.1 Å². The number of H-pyrrole nitrogens is 1. The number of hydrogen-bond acceptors (Lipinski definition) is 6. The lowest BCUT2D eigenvalue weighted by molar-refractivity contribution is -0.156. The van der Waals surface area contributed by atoms with Gasteiger partial charge >= 0.3 is 0 Å². The number of ether oxygens (including phenoxy) is 1. The van der Waals surface area contributed by atoms with Gasteiger partial charge in [-0.3, -0.25) is 4.79 Å². The highest BCUT2D eigenvalue weighted by atomic mass is 16.5. The molecule has 0 spiro atoms. The molecule has 124 valence electrons. The van der Waals surface area contributed by atoms with Gasteiger partial charge in [0.05, 0.1) is 24.6 Å². The predicted molar refractivity (Wildman–Crippen MR) is 86.2 cm³/mol. The fraction of sp³-hybridized carbons (Fsp3) is 0.600. The largest absolute Gasteiger partial charge is 0.369 e. The molecular weight excluding hydrogens is 296 g/mol. The first-order valence-corrected chi connectivity index (χ1v) is 7.66. The van der Waals surface area contributed by atoms with E-state index in [1.807, 2.05) is 37.6 Å². The van der Waals surface area contributed by atoms with Gasteiger partial charge in [0.2, 0.25) is 5.91 Å². The number of anilines is 1. The third kappa shape index (κ3) is 3.26. The van der Waals surface area contributed by atoms with E-state index in [-0.39, 0.29) is 24.2 Å². The Kier molecular flexibility index (Phi) is 3.93. The summed E-state index contributed by atoms with van der Waals surface area (Å²) in [5.41, 5.74) is 1.01. The number of hydrogen-bond donors (Lipinski definition) is 1. The van der Waals surface area contributed by atoms with Crippen molar-refractivity contribution in [3.8, 4) is 0 Å². The van der Waals surface area contributed by atoms with Crippen LogP contribution in [0.1, 0.15) is 20.8 Å². The van der Waals surface area contributed by atoms with Gasteiger partial charge in [0.15, 0.2) is 11.5 Å². The summed E-state index contributed by atoms with van der Waals surface area (Å²) >= 11 is 0. The Bertz CT molecular complexity index is 713. The van der Waals surface area contributed by atoms with E-state index in [0.29, 0.717) is 24.6 Å². The molecule has 1 aliphatic heterocycles. The predicted octanol–water partition coefficient (Wildman–Crippen LogP) is 0.815. The van der Waals surface area contributed by atoms with Crippen molar-refractivity contribution in [2.75, 3.05) is 31.6 Å². The molecule has 0 aliphatic carbocycles. The highest BCUT2D eigenvalue weighted by molar-refractivity contribution is 5.87. The van der Waals surface area contributed by atoms with Crippen molar-refractivity contribution in [2.45, 2.75) is 32.5 Å². The minimum atomic E-state index is -0.322. The molecule has 3 rings (SSSR count). The minimum absolute atomic E-state index is 0.0337. The lowest BCUT2D eigenvalue weighted by Gasteiger charge is -2.42. The Balaban J connectivity index is 1.73. The van der Waals surface area contributed by atoms with Crippen molar-refractivity contribution in [2.24, 2.45) is 0 Å². The number of fused-ring (bicyclic) bond motifs is 1. The number of carbonyl (C=O) groups is 1. The van der Waals surface area contributed by atoms with E-state index < -0.39 is 0 Å². The number of imidazole rings is 1. The van der Waals surface area contributed by atoms with Gasteiger partial charge in [0.1, 0.15) is 11.8 Å². The molecule has 1 aliphatic rings. The van der Waals surface area contributed by atoms with E-state index in [1.54, 1.807) is 6.33 Å². The summed E-state index contributed by atoms with van der Waals surface area (Å²) in [6, 6.07) is 0. The van der Waals surface area contributed by atoms with Gasteiger partial charge in [0.25, 0.3) is 0 Å². The average Bonchev–Trinajstić information content (AvgIpc) is 2.93. The quantitative estimate of drug-likeness (QED) is 0.901. The molecule has 8 nitrogen and oxygen atoms in total. The van der Waals surface area contributed by atoms with Crippen LogP contribution in [0, 0.1) is 0 Å². The topological polar surface area (TPSA) is 87.2 Å². The van der Waals surface area contributed by atoms with Crippen LogP contribution in [0.2, 0.25) is 0 Å². The van der Waals surface area contributed by atoms with Crippen LogP contribution in [-0.2, 0) is 9.53 Å². The second kappa shape index (κ2) is 5.77. The number of nitrogens with zero attached hydrogens (tertiary/aromatic N) is 5. The van der Waals surface area contributed by atoms with Gasteiger partial charge in [-0.2, -0.15) is 0 Å². The zero-order valence-electron chi connectivity index (χ0n) is 13.9. The number of amides is 1. The monoisotopic (exact) mass is 318 g/mol. The molecule has 1 saturated heterocycles. The molecule has 8 heteroatoms. The van der Waals surface area contributed by atoms with Gasteiger partial charge in [-0.25, -0.2) is 15.0 Å². The second-order valence-electron chi connectivity index (χ2n) is 6.62. The molecule has 1 unspecified atom stereocenters. The summed E-state index contributed by atoms with van der Waals surface area (Å²) in [5, 5.41) is 0. The maximum atomic E-state index is 12.6. The summed E-state index contributed by atoms with van der Waals surface area (Å²) in [7, 11) is 1.84. The van der Waals surface area contributed by atoms with Crippen molar-refractivity contribution in [3.63, 3.8) is 0 Å². The Morgan fingerprint density at radius 3 is 3.00 bits per heavy atom. The van der Waals surface area contributed by atoms with Crippen LogP contribution in [0.15, 0.2) is 12.7 Å². The standard InChI is InChI=1S/C15H22N6O2/c1-10-5-21(7-15(2,3)23-10)11(22)6-20(4)14-12-13(17-8-16-12)18-9-19-14/h8-10H,5-7H2,1-4H3,(H,16,17,18,19). The number of nitrogens with one attached hydrogen (secondary N) is 1. The first-order valence-electron chi connectivity index (χ1n) is 7.66. The smallest absolute Gasteiger partial charge is 0.242 e. The number of rotatable bonds is 3. The van der Waals surface area contributed by atoms with E-state index in [4.69, 9.17) is 4.74 Å². The molecule has 2 aromatic rings. The number of aromatic amines is 1. The van der Waals surface area contributed by atoms with Crippen LogP contribution >= 0.6 is 0 Å². The first kappa shape index (κ1) is 15.7. The van der Waals surface area contributed by atoms with E-state index in [0.717, 1.165) is 5.52 Å². The molecule has 2 aromatic heterocycles. The van der Waals surface area contributed by atoms with E-state index >= 15 is 0 Å². The van der Waals surface area contributed by atoms with Crippen LogP contribution < -0.4 is 4.90 Å². The minimum Gasteiger partial charge on any atom is -0.369 e. The van der Waals surface area contributed by atoms with Crippen LogP contribution in [0.5, 0.6) is 0 Å². The SMILES string of the molecule is CC1CN(C(=O)CN(C)c2ncnc3nc[nH]c23)CC(C)(C)O1.